The minimum absolute atomic E-state index is 0.0599. The van der Waals surface area contributed by atoms with E-state index in [9.17, 15) is 4.79 Å². The number of hydrogen-bond donors (Lipinski definition) is 1. The van der Waals surface area contributed by atoms with Crippen LogP contribution in [0.4, 0.5) is 0 Å². The van der Waals surface area contributed by atoms with E-state index in [1.54, 1.807) is 4.90 Å². The number of aromatic amines is 1. The predicted molar refractivity (Wildman–Crippen MR) is 64.5 cm³/mol. The number of amides is 1. The SMILES string of the molecule is CCCC(C)N(C)C(=O)c1c(C)n[nH]c1C. The second kappa shape index (κ2) is 5.14. The Morgan fingerprint density at radius 3 is 2.56 bits per heavy atom. The van der Waals surface area contributed by atoms with Crippen molar-refractivity contribution in [3.8, 4) is 0 Å². The highest BCUT2D eigenvalue weighted by molar-refractivity contribution is 5.96. The van der Waals surface area contributed by atoms with Crippen LogP contribution in [0.3, 0.4) is 0 Å². The van der Waals surface area contributed by atoms with Gasteiger partial charge in [0.1, 0.15) is 0 Å². The Kier molecular flexibility index (Phi) is 4.10. The largest absolute Gasteiger partial charge is 0.339 e. The van der Waals surface area contributed by atoms with Crippen LogP contribution < -0.4 is 0 Å². The number of hydrogen-bond acceptors (Lipinski definition) is 2. The summed E-state index contributed by atoms with van der Waals surface area (Å²) in [4.78, 5) is 14.0. The van der Waals surface area contributed by atoms with E-state index in [0.29, 0.717) is 5.56 Å². The summed E-state index contributed by atoms with van der Waals surface area (Å²) in [5.74, 6) is 0.0599. The molecule has 16 heavy (non-hydrogen) atoms. The number of H-pyrrole nitrogens is 1. The van der Waals surface area contributed by atoms with Gasteiger partial charge in [0.2, 0.25) is 0 Å². The molecule has 0 saturated carbocycles. The molecule has 0 aliphatic rings. The van der Waals surface area contributed by atoms with E-state index >= 15 is 0 Å². The Morgan fingerprint density at radius 1 is 1.50 bits per heavy atom. The summed E-state index contributed by atoms with van der Waals surface area (Å²) in [6.45, 7) is 7.94. The van der Waals surface area contributed by atoms with Gasteiger partial charge in [-0.25, -0.2) is 0 Å². The first-order valence-electron chi connectivity index (χ1n) is 5.77. The molecule has 1 atom stereocenters. The third-order valence-electron chi connectivity index (χ3n) is 3.03. The molecule has 1 heterocycles. The van der Waals surface area contributed by atoms with Crippen molar-refractivity contribution in [2.24, 2.45) is 0 Å². The standard InChI is InChI=1S/C12H21N3O/c1-6-7-8(2)15(5)12(16)11-9(3)13-14-10(11)4/h8H,6-7H2,1-5H3,(H,13,14). The van der Waals surface area contributed by atoms with Gasteiger partial charge in [-0.1, -0.05) is 13.3 Å². The van der Waals surface area contributed by atoms with Gasteiger partial charge in [0.05, 0.1) is 11.3 Å². The molecule has 0 aromatic carbocycles. The van der Waals surface area contributed by atoms with Crippen LogP contribution in [0.25, 0.3) is 0 Å². The molecule has 4 nitrogen and oxygen atoms in total. The van der Waals surface area contributed by atoms with Crippen molar-refractivity contribution >= 4 is 5.91 Å². The van der Waals surface area contributed by atoms with E-state index in [4.69, 9.17) is 0 Å². The Morgan fingerprint density at radius 2 is 2.12 bits per heavy atom. The zero-order valence-electron chi connectivity index (χ0n) is 10.8. The maximum atomic E-state index is 12.2. The summed E-state index contributed by atoms with van der Waals surface area (Å²) >= 11 is 0. The van der Waals surface area contributed by atoms with Crippen LogP contribution in [-0.2, 0) is 0 Å². The Balaban J connectivity index is 2.86. The van der Waals surface area contributed by atoms with Crippen molar-refractivity contribution in [1.82, 2.24) is 15.1 Å². The molecule has 1 aromatic heterocycles. The lowest BCUT2D eigenvalue weighted by Crippen LogP contribution is -2.35. The van der Waals surface area contributed by atoms with E-state index < -0.39 is 0 Å². The maximum Gasteiger partial charge on any atom is 0.257 e. The lowest BCUT2D eigenvalue weighted by atomic mass is 10.1. The van der Waals surface area contributed by atoms with Gasteiger partial charge in [0.25, 0.3) is 5.91 Å². The number of aryl methyl sites for hydroxylation is 2. The normalized spacial score (nSPS) is 12.6. The maximum absolute atomic E-state index is 12.2. The van der Waals surface area contributed by atoms with Crippen LogP contribution in [0.2, 0.25) is 0 Å². The lowest BCUT2D eigenvalue weighted by Gasteiger charge is -2.24. The molecular weight excluding hydrogens is 202 g/mol. The van der Waals surface area contributed by atoms with Gasteiger partial charge in [-0.3, -0.25) is 9.89 Å². The first-order valence-corrected chi connectivity index (χ1v) is 5.77. The molecule has 0 aliphatic heterocycles. The fraction of sp³-hybridized carbons (Fsp3) is 0.667. The van der Waals surface area contributed by atoms with Gasteiger partial charge in [-0.15, -0.1) is 0 Å². The van der Waals surface area contributed by atoms with Gasteiger partial charge in [-0.05, 0) is 27.2 Å². The Hall–Kier alpha value is -1.32. The van der Waals surface area contributed by atoms with Crippen LogP contribution in [0.1, 0.15) is 48.4 Å². The van der Waals surface area contributed by atoms with Crippen molar-refractivity contribution in [2.45, 2.75) is 46.6 Å². The monoisotopic (exact) mass is 223 g/mol. The first-order chi connectivity index (χ1) is 7.49. The molecule has 0 aliphatic carbocycles. The highest BCUT2D eigenvalue weighted by Crippen LogP contribution is 2.15. The molecule has 90 valence electrons. The topological polar surface area (TPSA) is 49.0 Å². The Bertz CT molecular complexity index is 351. The molecule has 1 rings (SSSR count). The lowest BCUT2D eigenvalue weighted by molar-refractivity contribution is 0.0735. The number of rotatable bonds is 4. The number of carbonyl (C=O) groups is 1. The molecular formula is C12H21N3O. The zero-order chi connectivity index (χ0) is 12.3. The number of carbonyl (C=O) groups excluding carboxylic acids is 1. The molecule has 4 heteroatoms. The number of nitrogens with one attached hydrogen (secondary N) is 1. The quantitative estimate of drug-likeness (QED) is 0.851. The van der Waals surface area contributed by atoms with Gasteiger partial charge in [-0.2, -0.15) is 5.10 Å². The van der Waals surface area contributed by atoms with Crippen molar-refractivity contribution in [3.05, 3.63) is 17.0 Å². The molecule has 0 bridgehead atoms. The summed E-state index contributed by atoms with van der Waals surface area (Å²) in [5, 5.41) is 6.90. The minimum atomic E-state index is 0.0599. The smallest absolute Gasteiger partial charge is 0.257 e. The first kappa shape index (κ1) is 12.7. The van der Waals surface area contributed by atoms with E-state index in [-0.39, 0.29) is 11.9 Å². The molecule has 0 saturated heterocycles. The molecule has 1 amide bonds. The molecule has 0 fully saturated rings. The highest BCUT2D eigenvalue weighted by Gasteiger charge is 2.21. The van der Waals surface area contributed by atoms with E-state index in [0.717, 1.165) is 24.2 Å². The number of aromatic nitrogens is 2. The average molecular weight is 223 g/mol. The van der Waals surface area contributed by atoms with E-state index in [1.165, 1.54) is 0 Å². The van der Waals surface area contributed by atoms with Crippen LogP contribution in [0, 0.1) is 13.8 Å². The predicted octanol–water partition coefficient (Wildman–Crippen LogP) is 2.29. The van der Waals surface area contributed by atoms with Crippen molar-refractivity contribution in [3.63, 3.8) is 0 Å². The fourth-order valence-electron chi connectivity index (χ4n) is 1.85. The second-order valence-electron chi connectivity index (χ2n) is 4.36. The van der Waals surface area contributed by atoms with Gasteiger partial charge >= 0.3 is 0 Å². The molecule has 1 aromatic rings. The van der Waals surface area contributed by atoms with Crippen LogP contribution in [-0.4, -0.2) is 34.1 Å². The fourth-order valence-corrected chi connectivity index (χ4v) is 1.85. The molecule has 0 radical (unpaired) electrons. The summed E-state index contributed by atoms with van der Waals surface area (Å²) in [7, 11) is 1.86. The zero-order valence-corrected chi connectivity index (χ0v) is 10.8. The van der Waals surface area contributed by atoms with Crippen LogP contribution in [0.5, 0.6) is 0 Å². The minimum Gasteiger partial charge on any atom is -0.339 e. The molecule has 0 spiro atoms. The van der Waals surface area contributed by atoms with E-state index in [1.807, 2.05) is 20.9 Å². The van der Waals surface area contributed by atoms with Crippen LogP contribution >= 0.6 is 0 Å². The third kappa shape index (κ3) is 2.43. The molecule has 1 N–H and O–H groups in total. The van der Waals surface area contributed by atoms with Gasteiger partial charge in [0.15, 0.2) is 0 Å². The second-order valence-corrected chi connectivity index (χ2v) is 4.36. The summed E-state index contributed by atoms with van der Waals surface area (Å²) < 4.78 is 0. The summed E-state index contributed by atoms with van der Waals surface area (Å²) in [5.41, 5.74) is 2.33. The molecule has 1 unspecified atom stereocenters. The highest BCUT2D eigenvalue weighted by atomic mass is 16.2. The van der Waals surface area contributed by atoms with E-state index in [2.05, 4.69) is 24.0 Å². The Labute approximate surface area is 97.0 Å². The van der Waals surface area contributed by atoms with Crippen molar-refractivity contribution in [1.29, 1.82) is 0 Å². The van der Waals surface area contributed by atoms with Gasteiger partial charge in [0, 0.05) is 18.8 Å². The van der Waals surface area contributed by atoms with Crippen molar-refractivity contribution in [2.75, 3.05) is 7.05 Å². The van der Waals surface area contributed by atoms with Crippen LogP contribution in [0.15, 0.2) is 0 Å². The van der Waals surface area contributed by atoms with Crippen molar-refractivity contribution < 1.29 is 4.79 Å². The summed E-state index contributed by atoms with van der Waals surface area (Å²) in [6, 6.07) is 0.270. The van der Waals surface area contributed by atoms with Gasteiger partial charge < -0.3 is 4.90 Å². The number of nitrogens with zero attached hydrogens (tertiary/aromatic N) is 2. The average Bonchev–Trinajstić information content (AvgIpc) is 2.57. The summed E-state index contributed by atoms with van der Waals surface area (Å²) in [6.07, 6.45) is 2.11. The third-order valence-corrected chi connectivity index (χ3v) is 3.03.